The number of benzene rings is 2. The summed E-state index contributed by atoms with van der Waals surface area (Å²) in [7, 11) is 0. The van der Waals surface area contributed by atoms with Crippen LogP contribution in [0, 0.1) is 18.3 Å². The summed E-state index contributed by atoms with van der Waals surface area (Å²) in [5, 5.41) is 13.1. The van der Waals surface area contributed by atoms with Crippen LogP contribution >= 0.6 is 0 Å². The standard InChI is InChI=1S/C24H20N4O2/c1-14-6-4-7-15(12-14)28-19-10-5-11-20(29)21(19)24(17(13-25)22(28)26)16-8-2-3-9-18(16)27-23(24)30/h2-4,6-9,12H,5,10-11,26H2,1H3,(H,27,30)/t24-/m1/s1. The molecule has 1 spiro atoms. The van der Waals surface area contributed by atoms with Crippen LogP contribution in [0.4, 0.5) is 11.4 Å². The Morgan fingerprint density at radius 1 is 1.13 bits per heavy atom. The maximum Gasteiger partial charge on any atom is 0.245 e. The Balaban J connectivity index is 1.89. The van der Waals surface area contributed by atoms with Crippen LogP contribution in [0.25, 0.3) is 0 Å². The lowest BCUT2D eigenvalue weighted by Gasteiger charge is -2.43. The van der Waals surface area contributed by atoms with E-state index in [0.29, 0.717) is 41.8 Å². The van der Waals surface area contributed by atoms with E-state index < -0.39 is 11.3 Å². The molecular formula is C24H20N4O2. The molecule has 3 N–H and O–H groups in total. The maximum atomic E-state index is 13.5. The summed E-state index contributed by atoms with van der Waals surface area (Å²) in [5.41, 5.74) is 9.32. The number of ketones is 1. The molecule has 148 valence electrons. The van der Waals surface area contributed by atoms with Gasteiger partial charge in [0.25, 0.3) is 0 Å². The van der Waals surface area contributed by atoms with Gasteiger partial charge in [-0.1, -0.05) is 30.3 Å². The monoisotopic (exact) mass is 396 g/mol. The highest BCUT2D eigenvalue weighted by atomic mass is 16.2. The minimum absolute atomic E-state index is 0.0976. The number of fused-ring (bicyclic) bond motifs is 3. The van der Waals surface area contributed by atoms with Gasteiger partial charge in [0.15, 0.2) is 5.78 Å². The third-order valence-electron chi connectivity index (χ3n) is 6.19. The zero-order valence-corrected chi connectivity index (χ0v) is 16.5. The molecule has 0 bridgehead atoms. The summed E-state index contributed by atoms with van der Waals surface area (Å²) < 4.78 is 0. The topological polar surface area (TPSA) is 99.2 Å². The fourth-order valence-electron chi connectivity index (χ4n) is 5.01. The Morgan fingerprint density at radius 2 is 1.93 bits per heavy atom. The fourth-order valence-corrected chi connectivity index (χ4v) is 5.01. The lowest BCUT2D eigenvalue weighted by atomic mass is 9.64. The molecule has 0 saturated heterocycles. The number of anilines is 2. The van der Waals surface area contributed by atoms with E-state index in [1.807, 2.05) is 43.3 Å². The molecule has 1 aliphatic carbocycles. The van der Waals surface area contributed by atoms with E-state index in [4.69, 9.17) is 5.73 Å². The van der Waals surface area contributed by atoms with Crippen LogP contribution in [0.1, 0.15) is 30.4 Å². The number of aryl methyl sites for hydroxylation is 1. The molecule has 2 heterocycles. The van der Waals surface area contributed by atoms with Crippen LogP contribution < -0.4 is 16.0 Å². The van der Waals surface area contributed by atoms with Crippen molar-refractivity contribution in [2.45, 2.75) is 31.6 Å². The largest absolute Gasteiger partial charge is 0.384 e. The van der Waals surface area contributed by atoms with Crippen molar-refractivity contribution in [1.29, 1.82) is 5.26 Å². The molecule has 2 aromatic rings. The summed E-state index contributed by atoms with van der Waals surface area (Å²) in [6, 6.07) is 17.2. The highest BCUT2D eigenvalue weighted by molar-refractivity contribution is 6.19. The predicted octanol–water partition coefficient (Wildman–Crippen LogP) is 3.41. The molecule has 0 saturated carbocycles. The van der Waals surface area contributed by atoms with Gasteiger partial charge in [-0.3, -0.25) is 14.5 Å². The van der Waals surface area contributed by atoms with Crippen LogP contribution in [-0.2, 0) is 15.0 Å². The Labute approximate surface area is 174 Å². The fraction of sp³-hybridized carbons (Fsp3) is 0.208. The van der Waals surface area contributed by atoms with Gasteiger partial charge in [0, 0.05) is 34.6 Å². The molecule has 1 atom stereocenters. The number of hydrogen-bond acceptors (Lipinski definition) is 5. The average Bonchev–Trinajstić information content (AvgIpc) is 3.01. The van der Waals surface area contributed by atoms with Crippen molar-refractivity contribution in [3.63, 3.8) is 0 Å². The highest BCUT2D eigenvalue weighted by Crippen LogP contribution is 2.54. The van der Waals surface area contributed by atoms with Crippen LogP contribution in [0.3, 0.4) is 0 Å². The number of nitrogens with two attached hydrogens (primary N) is 1. The zero-order chi connectivity index (χ0) is 21.0. The van der Waals surface area contributed by atoms with Gasteiger partial charge >= 0.3 is 0 Å². The molecule has 3 aliphatic rings. The summed E-state index contributed by atoms with van der Waals surface area (Å²) in [6.45, 7) is 1.97. The van der Waals surface area contributed by atoms with Crippen LogP contribution in [0.15, 0.2) is 71.2 Å². The molecule has 5 rings (SSSR count). The Bertz CT molecular complexity index is 1230. The highest BCUT2D eigenvalue weighted by Gasteiger charge is 2.59. The Morgan fingerprint density at radius 3 is 2.70 bits per heavy atom. The molecular weight excluding hydrogens is 376 g/mol. The van der Waals surface area contributed by atoms with Crippen molar-refractivity contribution in [1.82, 2.24) is 0 Å². The molecule has 6 nitrogen and oxygen atoms in total. The average molecular weight is 396 g/mol. The number of carbonyl (C=O) groups is 2. The molecule has 1 amide bonds. The van der Waals surface area contributed by atoms with Gasteiger partial charge in [-0.2, -0.15) is 5.26 Å². The van der Waals surface area contributed by atoms with E-state index in [1.165, 1.54) is 0 Å². The first-order valence-corrected chi connectivity index (χ1v) is 9.95. The molecule has 2 aromatic carbocycles. The number of nitriles is 1. The Hall–Kier alpha value is -3.85. The summed E-state index contributed by atoms with van der Waals surface area (Å²) in [6.07, 6.45) is 1.62. The van der Waals surface area contributed by atoms with E-state index in [1.54, 1.807) is 17.0 Å². The molecule has 0 unspecified atom stereocenters. The number of para-hydroxylation sites is 1. The number of nitrogens with one attached hydrogen (secondary N) is 1. The van der Waals surface area contributed by atoms with Crippen molar-refractivity contribution in [2.75, 3.05) is 10.2 Å². The van der Waals surface area contributed by atoms with Gasteiger partial charge in [0.2, 0.25) is 5.91 Å². The van der Waals surface area contributed by atoms with Gasteiger partial charge in [-0.15, -0.1) is 0 Å². The first-order chi connectivity index (χ1) is 14.5. The minimum Gasteiger partial charge on any atom is -0.384 e. The van der Waals surface area contributed by atoms with Crippen LogP contribution in [-0.4, -0.2) is 11.7 Å². The van der Waals surface area contributed by atoms with E-state index in [-0.39, 0.29) is 17.2 Å². The smallest absolute Gasteiger partial charge is 0.245 e. The second kappa shape index (κ2) is 6.33. The number of amides is 1. The Kier molecular flexibility index (Phi) is 3.84. The van der Waals surface area contributed by atoms with E-state index in [9.17, 15) is 14.9 Å². The SMILES string of the molecule is Cc1cccc(N2C(N)=C(C#N)[C@@]3(C(=O)Nc4ccccc43)C3=C2CCCC3=O)c1. The predicted molar refractivity (Wildman–Crippen MR) is 113 cm³/mol. The van der Waals surface area contributed by atoms with Crippen molar-refractivity contribution >= 4 is 23.1 Å². The van der Waals surface area contributed by atoms with Gasteiger partial charge in [0.1, 0.15) is 17.3 Å². The van der Waals surface area contributed by atoms with E-state index >= 15 is 0 Å². The normalized spacial score (nSPS) is 22.7. The number of allylic oxidation sites excluding steroid dienone is 1. The van der Waals surface area contributed by atoms with Crippen molar-refractivity contribution < 1.29 is 9.59 Å². The maximum absolute atomic E-state index is 13.5. The summed E-state index contributed by atoms with van der Waals surface area (Å²) in [4.78, 5) is 28.6. The van der Waals surface area contributed by atoms with Gasteiger partial charge in [-0.25, -0.2) is 0 Å². The first-order valence-electron chi connectivity index (χ1n) is 9.95. The minimum atomic E-state index is -1.50. The third-order valence-corrected chi connectivity index (χ3v) is 6.19. The first kappa shape index (κ1) is 18.2. The van der Waals surface area contributed by atoms with Crippen LogP contribution in [0.5, 0.6) is 0 Å². The van der Waals surface area contributed by atoms with E-state index in [0.717, 1.165) is 11.3 Å². The van der Waals surface area contributed by atoms with Crippen LogP contribution in [0.2, 0.25) is 0 Å². The molecule has 0 fully saturated rings. The lowest BCUT2D eigenvalue weighted by molar-refractivity contribution is -0.122. The quantitative estimate of drug-likeness (QED) is 0.770. The molecule has 6 heteroatoms. The lowest BCUT2D eigenvalue weighted by Crippen LogP contribution is -2.50. The number of hydrogen-bond donors (Lipinski definition) is 2. The number of rotatable bonds is 1. The van der Waals surface area contributed by atoms with Gasteiger partial charge < -0.3 is 11.1 Å². The van der Waals surface area contributed by atoms with Gasteiger partial charge in [-0.05, 0) is 43.5 Å². The van der Waals surface area contributed by atoms with Crippen molar-refractivity contribution in [3.8, 4) is 6.07 Å². The molecule has 30 heavy (non-hydrogen) atoms. The molecule has 0 aromatic heterocycles. The second-order valence-electron chi connectivity index (χ2n) is 7.89. The second-order valence-corrected chi connectivity index (χ2v) is 7.89. The van der Waals surface area contributed by atoms with Crippen molar-refractivity contribution in [3.05, 3.63) is 82.3 Å². The van der Waals surface area contributed by atoms with Gasteiger partial charge in [0.05, 0.1) is 5.57 Å². The number of Topliss-reactive ketones (excluding diaryl/α,β-unsaturated/α-hetero) is 1. The number of carbonyl (C=O) groups excluding carboxylic acids is 2. The third kappa shape index (κ3) is 2.17. The number of nitrogens with zero attached hydrogens (tertiary/aromatic N) is 2. The molecule has 2 aliphatic heterocycles. The molecule has 0 radical (unpaired) electrons. The zero-order valence-electron chi connectivity index (χ0n) is 16.5. The summed E-state index contributed by atoms with van der Waals surface area (Å²) >= 11 is 0. The van der Waals surface area contributed by atoms with E-state index in [2.05, 4.69) is 11.4 Å². The summed E-state index contributed by atoms with van der Waals surface area (Å²) in [5.74, 6) is -0.306. The van der Waals surface area contributed by atoms with Crippen molar-refractivity contribution in [2.24, 2.45) is 5.73 Å².